The van der Waals surface area contributed by atoms with Crippen LogP contribution in [0.3, 0.4) is 0 Å². The molecule has 0 aliphatic carbocycles. The fourth-order valence-electron chi connectivity index (χ4n) is 1.69. The van der Waals surface area contributed by atoms with Crippen LogP contribution in [0.1, 0.15) is 18.1 Å². The Morgan fingerprint density at radius 2 is 2.11 bits per heavy atom. The third-order valence-electron chi connectivity index (χ3n) is 3.00. The lowest BCUT2D eigenvalue weighted by Crippen LogP contribution is -2.36. The highest BCUT2D eigenvalue weighted by atomic mass is 32.2. The van der Waals surface area contributed by atoms with E-state index in [-0.39, 0.29) is 10.9 Å². The van der Waals surface area contributed by atoms with Crippen molar-refractivity contribution in [2.24, 2.45) is 0 Å². The predicted molar refractivity (Wildman–Crippen MR) is 78.7 cm³/mol. The molecule has 0 heterocycles. The van der Waals surface area contributed by atoms with E-state index in [4.69, 9.17) is 5.26 Å². The van der Waals surface area contributed by atoms with E-state index in [0.717, 1.165) is 5.75 Å². The second-order valence-corrected chi connectivity index (χ2v) is 7.29. The smallest absolute Gasteiger partial charge is 0.207 e. The molecule has 0 bridgehead atoms. The van der Waals surface area contributed by atoms with Crippen LogP contribution in [0.4, 0.5) is 0 Å². The van der Waals surface area contributed by atoms with Crippen molar-refractivity contribution in [3.05, 3.63) is 29.3 Å². The first-order chi connectivity index (χ1) is 8.84. The van der Waals surface area contributed by atoms with E-state index in [9.17, 15) is 8.42 Å². The van der Waals surface area contributed by atoms with E-state index in [1.165, 1.54) is 10.4 Å². The van der Waals surface area contributed by atoms with Crippen molar-refractivity contribution >= 4 is 21.8 Å². The summed E-state index contributed by atoms with van der Waals surface area (Å²) < 4.78 is 26.5. The summed E-state index contributed by atoms with van der Waals surface area (Å²) in [5, 5.41) is 8.89. The normalized spacial score (nSPS) is 13.3. The van der Waals surface area contributed by atoms with Gasteiger partial charge in [0, 0.05) is 18.8 Å². The summed E-state index contributed by atoms with van der Waals surface area (Å²) in [6.45, 7) is 3.61. The molecule has 0 saturated carbocycles. The van der Waals surface area contributed by atoms with Gasteiger partial charge in [-0.05, 0) is 37.8 Å². The molecule has 6 heteroatoms. The molecule has 0 radical (unpaired) electrons. The molecular formula is C13H18N2O2S2. The molecule has 0 aliphatic heterocycles. The first kappa shape index (κ1) is 16.0. The van der Waals surface area contributed by atoms with Gasteiger partial charge in [0.15, 0.2) is 0 Å². The largest absolute Gasteiger partial charge is 0.243 e. The first-order valence-electron chi connectivity index (χ1n) is 5.82. The summed E-state index contributed by atoms with van der Waals surface area (Å²) in [5.74, 6) is 0.729. The minimum atomic E-state index is -3.55. The van der Waals surface area contributed by atoms with Gasteiger partial charge in [0.2, 0.25) is 10.0 Å². The van der Waals surface area contributed by atoms with Gasteiger partial charge in [-0.3, -0.25) is 0 Å². The van der Waals surface area contributed by atoms with E-state index >= 15 is 0 Å². The molecule has 4 nitrogen and oxygen atoms in total. The zero-order chi connectivity index (χ0) is 14.6. The number of thioether (sulfide) groups is 1. The van der Waals surface area contributed by atoms with Crippen molar-refractivity contribution in [2.45, 2.75) is 24.8 Å². The lowest BCUT2D eigenvalue weighted by Gasteiger charge is -2.24. The number of nitrogens with zero attached hydrogens (tertiary/aromatic N) is 2. The zero-order valence-electron chi connectivity index (χ0n) is 11.5. The minimum absolute atomic E-state index is 0.0925. The third-order valence-corrected chi connectivity index (χ3v) is 5.93. The lowest BCUT2D eigenvalue weighted by molar-refractivity contribution is 0.415. The minimum Gasteiger partial charge on any atom is -0.207 e. The summed E-state index contributed by atoms with van der Waals surface area (Å²) in [6, 6.07) is 6.61. The van der Waals surface area contributed by atoms with Gasteiger partial charge in [-0.1, -0.05) is 6.07 Å². The molecule has 1 atom stereocenters. The van der Waals surface area contributed by atoms with Crippen LogP contribution in [-0.4, -0.2) is 37.8 Å². The van der Waals surface area contributed by atoms with Crippen molar-refractivity contribution in [3.63, 3.8) is 0 Å². The van der Waals surface area contributed by atoms with E-state index in [2.05, 4.69) is 0 Å². The van der Waals surface area contributed by atoms with Crippen LogP contribution in [0.25, 0.3) is 0 Å². The van der Waals surface area contributed by atoms with E-state index in [1.807, 2.05) is 19.2 Å². The zero-order valence-corrected chi connectivity index (χ0v) is 13.2. The van der Waals surface area contributed by atoms with Crippen LogP contribution in [0.2, 0.25) is 0 Å². The number of benzene rings is 1. The molecule has 19 heavy (non-hydrogen) atoms. The second-order valence-electron chi connectivity index (χ2n) is 4.42. The van der Waals surface area contributed by atoms with Gasteiger partial charge < -0.3 is 0 Å². The van der Waals surface area contributed by atoms with Crippen LogP contribution in [-0.2, 0) is 10.0 Å². The Hall–Kier alpha value is -1.03. The summed E-state index contributed by atoms with van der Waals surface area (Å²) in [6.07, 6.45) is 1.94. The van der Waals surface area contributed by atoms with Gasteiger partial charge in [-0.2, -0.15) is 21.3 Å². The quantitative estimate of drug-likeness (QED) is 0.836. The van der Waals surface area contributed by atoms with Gasteiger partial charge in [0.05, 0.1) is 16.5 Å². The van der Waals surface area contributed by atoms with Gasteiger partial charge in [-0.15, -0.1) is 0 Å². The molecule has 0 aromatic heterocycles. The summed E-state index contributed by atoms with van der Waals surface area (Å²) >= 11 is 1.60. The van der Waals surface area contributed by atoms with Gasteiger partial charge in [-0.25, -0.2) is 8.42 Å². The van der Waals surface area contributed by atoms with Crippen LogP contribution < -0.4 is 0 Å². The molecule has 104 valence electrons. The molecule has 0 amide bonds. The Bertz CT molecular complexity index is 591. The van der Waals surface area contributed by atoms with Crippen molar-refractivity contribution in [3.8, 4) is 6.07 Å². The molecule has 0 saturated heterocycles. The van der Waals surface area contributed by atoms with Crippen molar-refractivity contribution in [1.82, 2.24) is 4.31 Å². The maximum absolute atomic E-state index is 12.5. The summed E-state index contributed by atoms with van der Waals surface area (Å²) in [4.78, 5) is 0.210. The summed E-state index contributed by atoms with van der Waals surface area (Å²) in [7, 11) is -1.98. The van der Waals surface area contributed by atoms with Crippen molar-refractivity contribution in [1.29, 1.82) is 5.26 Å². The third kappa shape index (κ3) is 3.50. The first-order valence-corrected chi connectivity index (χ1v) is 8.65. The molecule has 1 unspecified atom stereocenters. The molecule has 0 N–H and O–H groups in total. The Balaban J connectivity index is 3.24. The number of hydrogen-bond acceptors (Lipinski definition) is 4. The van der Waals surface area contributed by atoms with E-state index < -0.39 is 10.0 Å². The van der Waals surface area contributed by atoms with Crippen LogP contribution in [0.5, 0.6) is 0 Å². The highest BCUT2D eigenvalue weighted by Crippen LogP contribution is 2.22. The number of hydrogen-bond donors (Lipinski definition) is 0. The average molecular weight is 298 g/mol. The maximum atomic E-state index is 12.5. The fourth-order valence-corrected chi connectivity index (χ4v) is 4.10. The van der Waals surface area contributed by atoms with Gasteiger partial charge in [0.25, 0.3) is 0 Å². The predicted octanol–water partition coefficient (Wildman–Crippen LogP) is 2.24. The van der Waals surface area contributed by atoms with Crippen LogP contribution >= 0.6 is 11.8 Å². The number of nitriles is 1. The molecule has 1 aromatic carbocycles. The topological polar surface area (TPSA) is 61.2 Å². The standard InChI is InChI=1S/C13H18N2O2S2/c1-10-5-6-12(8-14)7-13(10)19(16,17)15(3)11(2)9-18-4/h5-7,11H,9H2,1-4H3. The Labute approximate surface area is 119 Å². The highest BCUT2D eigenvalue weighted by molar-refractivity contribution is 7.98. The maximum Gasteiger partial charge on any atom is 0.243 e. The number of sulfonamides is 1. The van der Waals surface area contributed by atoms with Crippen LogP contribution in [0.15, 0.2) is 23.1 Å². The van der Waals surface area contributed by atoms with Crippen molar-refractivity contribution in [2.75, 3.05) is 19.1 Å². The van der Waals surface area contributed by atoms with Crippen LogP contribution in [0, 0.1) is 18.3 Å². The Kier molecular flexibility index (Phi) is 5.41. The van der Waals surface area contributed by atoms with Crippen molar-refractivity contribution < 1.29 is 8.42 Å². The monoisotopic (exact) mass is 298 g/mol. The molecule has 0 fully saturated rings. The van der Waals surface area contributed by atoms with E-state index in [1.54, 1.807) is 37.9 Å². The van der Waals surface area contributed by atoms with Gasteiger partial charge >= 0.3 is 0 Å². The molecule has 0 aliphatic rings. The van der Waals surface area contributed by atoms with Gasteiger partial charge in [0.1, 0.15) is 0 Å². The van der Waals surface area contributed by atoms with E-state index in [0.29, 0.717) is 11.1 Å². The second kappa shape index (κ2) is 6.42. The summed E-state index contributed by atoms with van der Waals surface area (Å²) in [5.41, 5.74) is 1.01. The fraction of sp³-hybridized carbons (Fsp3) is 0.462. The highest BCUT2D eigenvalue weighted by Gasteiger charge is 2.26. The Morgan fingerprint density at radius 3 is 2.63 bits per heavy atom. The molecular weight excluding hydrogens is 280 g/mol. The number of rotatable bonds is 5. The molecule has 1 rings (SSSR count). The lowest BCUT2D eigenvalue weighted by atomic mass is 10.2. The molecule has 1 aromatic rings. The number of aryl methyl sites for hydroxylation is 1. The average Bonchev–Trinajstić information content (AvgIpc) is 2.38. The molecule has 0 spiro atoms. The SMILES string of the molecule is CSCC(C)N(C)S(=O)(=O)c1cc(C#N)ccc1C. The Morgan fingerprint density at radius 1 is 1.47 bits per heavy atom.